The number of nitrogens with two attached hydrogens (primary N) is 1. The van der Waals surface area contributed by atoms with Gasteiger partial charge in [0.2, 0.25) is 11.0 Å². The molecule has 2 rings (SSSR count). The van der Waals surface area contributed by atoms with Gasteiger partial charge in [-0.15, -0.1) is 10.2 Å². The van der Waals surface area contributed by atoms with Crippen molar-refractivity contribution in [2.24, 2.45) is 0 Å². The zero-order chi connectivity index (χ0) is 15.4. The van der Waals surface area contributed by atoms with E-state index in [0.717, 1.165) is 0 Å². The minimum Gasteiger partial charge on any atom is -0.495 e. The van der Waals surface area contributed by atoms with Gasteiger partial charge in [-0.1, -0.05) is 34.7 Å². The molecule has 1 aromatic carbocycles. The van der Waals surface area contributed by atoms with Crippen LogP contribution in [-0.4, -0.2) is 28.5 Å². The van der Waals surface area contributed by atoms with Crippen LogP contribution in [0.3, 0.4) is 0 Å². The highest BCUT2D eigenvalue weighted by Gasteiger charge is 2.17. The van der Waals surface area contributed by atoms with Gasteiger partial charge < -0.3 is 15.8 Å². The summed E-state index contributed by atoms with van der Waals surface area (Å²) >= 11 is 8.56. The number of methoxy groups -OCH3 is 1. The van der Waals surface area contributed by atoms with E-state index in [0.29, 0.717) is 25.9 Å². The number of rotatable bonds is 5. The molecule has 1 atom stereocenters. The Labute approximate surface area is 135 Å². The highest BCUT2D eigenvalue weighted by molar-refractivity contribution is 8.02. The summed E-state index contributed by atoms with van der Waals surface area (Å²) in [5.74, 6) is 0.399. The third kappa shape index (κ3) is 4.23. The summed E-state index contributed by atoms with van der Waals surface area (Å²) in [6.45, 7) is 1.78. The summed E-state index contributed by atoms with van der Waals surface area (Å²) in [6.07, 6.45) is 0. The third-order valence-electron chi connectivity index (χ3n) is 2.49. The van der Waals surface area contributed by atoms with Gasteiger partial charge in [-0.25, -0.2) is 0 Å². The smallest absolute Gasteiger partial charge is 0.237 e. The number of nitrogens with zero attached hydrogens (tertiary/aromatic N) is 2. The van der Waals surface area contributed by atoms with E-state index in [2.05, 4.69) is 15.5 Å². The zero-order valence-corrected chi connectivity index (χ0v) is 13.7. The molecular formula is C12H13ClN4O2S2. The highest BCUT2D eigenvalue weighted by Crippen LogP contribution is 2.30. The van der Waals surface area contributed by atoms with Gasteiger partial charge in [0, 0.05) is 5.69 Å². The highest BCUT2D eigenvalue weighted by atomic mass is 35.5. The van der Waals surface area contributed by atoms with Gasteiger partial charge in [-0.3, -0.25) is 4.79 Å². The Bertz CT molecular complexity index is 650. The first-order chi connectivity index (χ1) is 9.99. The van der Waals surface area contributed by atoms with Crippen molar-refractivity contribution in [3.8, 4) is 5.75 Å². The Hall–Kier alpha value is -1.51. The Morgan fingerprint density at radius 3 is 2.86 bits per heavy atom. The van der Waals surface area contributed by atoms with E-state index >= 15 is 0 Å². The number of thioether (sulfide) groups is 1. The lowest BCUT2D eigenvalue weighted by Gasteiger charge is -2.11. The van der Waals surface area contributed by atoms with E-state index in [9.17, 15) is 4.79 Å². The second-order valence-corrected chi connectivity index (χ2v) is 7.01. The average molecular weight is 345 g/mol. The van der Waals surface area contributed by atoms with Crippen LogP contribution >= 0.6 is 34.7 Å². The first-order valence-corrected chi connectivity index (χ1v) is 7.97. The van der Waals surface area contributed by atoms with Gasteiger partial charge in [0.05, 0.1) is 17.4 Å². The van der Waals surface area contributed by atoms with Crippen molar-refractivity contribution in [1.29, 1.82) is 0 Å². The van der Waals surface area contributed by atoms with E-state index in [4.69, 9.17) is 22.1 Å². The molecule has 3 N–H and O–H groups in total. The van der Waals surface area contributed by atoms with E-state index < -0.39 is 0 Å². The predicted molar refractivity (Wildman–Crippen MR) is 86.3 cm³/mol. The van der Waals surface area contributed by atoms with Crippen LogP contribution in [0, 0.1) is 0 Å². The Balaban J connectivity index is 1.98. The molecule has 2 aromatic rings. The maximum atomic E-state index is 12.1. The van der Waals surface area contributed by atoms with Crippen LogP contribution in [-0.2, 0) is 4.79 Å². The van der Waals surface area contributed by atoms with Crippen LogP contribution in [0.2, 0.25) is 5.02 Å². The molecule has 1 heterocycles. The summed E-state index contributed by atoms with van der Waals surface area (Å²) in [5.41, 5.74) is 6.11. The molecule has 0 aliphatic carbocycles. The fraction of sp³-hybridized carbons (Fsp3) is 0.250. The first kappa shape index (κ1) is 15.9. The summed E-state index contributed by atoms with van der Waals surface area (Å²) in [6, 6.07) is 5.06. The molecule has 1 amide bonds. The molecule has 0 aliphatic rings. The van der Waals surface area contributed by atoms with Crippen LogP contribution in [0.5, 0.6) is 5.75 Å². The number of hydrogen-bond acceptors (Lipinski definition) is 7. The second-order valence-electron chi connectivity index (χ2n) is 4.00. The maximum absolute atomic E-state index is 12.1. The number of carbonyl (C=O) groups excluding carboxylic acids is 1. The van der Waals surface area contributed by atoms with E-state index in [1.807, 2.05) is 0 Å². The lowest BCUT2D eigenvalue weighted by molar-refractivity contribution is -0.115. The molecule has 1 unspecified atom stereocenters. The molecule has 0 saturated heterocycles. The van der Waals surface area contributed by atoms with E-state index in [1.165, 1.54) is 30.2 Å². The summed E-state index contributed by atoms with van der Waals surface area (Å²) in [5, 5.41) is 10.8. The van der Waals surface area contributed by atoms with Crippen LogP contribution in [0.15, 0.2) is 22.5 Å². The van der Waals surface area contributed by atoms with E-state index in [1.54, 1.807) is 25.1 Å². The predicted octanol–water partition coefficient (Wildman–Crippen LogP) is 2.90. The second kappa shape index (κ2) is 6.97. The molecule has 0 radical (unpaired) electrons. The normalized spacial score (nSPS) is 12.0. The number of aromatic nitrogens is 2. The molecular weight excluding hydrogens is 332 g/mol. The topological polar surface area (TPSA) is 90.1 Å². The van der Waals surface area contributed by atoms with E-state index in [-0.39, 0.29) is 11.2 Å². The SMILES string of the molecule is COc1ccc(NC(=O)C(C)Sc2nnc(N)s2)cc1Cl. The molecule has 1 aromatic heterocycles. The molecule has 0 bridgehead atoms. The number of carbonyl (C=O) groups is 1. The van der Waals surface area contributed by atoms with Crippen molar-refractivity contribution in [3.63, 3.8) is 0 Å². The number of amides is 1. The first-order valence-electron chi connectivity index (χ1n) is 5.89. The van der Waals surface area contributed by atoms with Crippen molar-refractivity contribution in [2.45, 2.75) is 16.5 Å². The monoisotopic (exact) mass is 344 g/mol. The third-order valence-corrected chi connectivity index (χ3v) is 4.72. The van der Waals surface area contributed by atoms with Gasteiger partial charge in [-0.05, 0) is 25.1 Å². The number of nitrogen functional groups attached to an aromatic ring is 1. The molecule has 112 valence electrons. The summed E-state index contributed by atoms with van der Waals surface area (Å²) < 4.78 is 5.71. The van der Waals surface area contributed by atoms with Gasteiger partial charge in [-0.2, -0.15) is 0 Å². The number of ether oxygens (including phenoxy) is 1. The molecule has 6 nitrogen and oxygen atoms in total. The fourth-order valence-corrected chi connectivity index (χ4v) is 3.50. The molecule has 0 spiro atoms. The number of halogens is 1. The Kier molecular flexibility index (Phi) is 5.27. The quantitative estimate of drug-likeness (QED) is 0.810. The zero-order valence-electron chi connectivity index (χ0n) is 11.3. The average Bonchev–Trinajstić information content (AvgIpc) is 2.84. The lowest BCUT2D eigenvalue weighted by atomic mass is 10.3. The molecule has 0 saturated carbocycles. The van der Waals surface area contributed by atoms with Gasteiger partial charge in [0.25, 0.3) is 0 Å². The van der Waals surface area contributed by atoms with Gasteiger partial charge >= 0.3 is 0 Å². The van der Waals surface area contributed by atoms with Gasteiger partial charge in [0.1, 0.15) is 5.75 Å². The summed E-state index contributed by atoms with van der Waals surface area (Å²) in [7, 11) is 1.53. The fourth-order valence-electron chi connectivity index (χ4n) is 1.46. The number of nitrogens with one attached hydrogen (secondary N) is 1. The summed E-state index contributed by atoms with van der Waals surface area (Å²) in [4.78, 5) is 12.1. The van der Waals surface area contributed by atoms with Crippen molar-refractivity contribution in [3.05, 3.63) is 23.2 Å². The number of anilines is 2. The standard InChI is InChI=1S/C12H13ClN4O2S2/c1-6(20-12-17-16-11(14)21-12)10(18)15-7-3-4-9(19-2)8(13)5-7/h3-6H,1-2H3,(H2,14,16)(H,15,18). The van der Waals surface area contributed by atoms with Gasteiger partial charge in [0.15, 0.2) is 4.34 Å². The molecule has 0 aliphatic heterocycles. The van der Waals surface area contributed by atoms with Crippen LogP contribution in [0.25, 0.3) is 0 Å². The minimum absolute atomic E-state index is 0.157. The maximum Gasteiger partial charge on any atom is 0.237 e. The van der Waals surface area contributed by atoms with Crippen molar-refractivity contribution < 1.29 is 9.53 Å². The Morgan fingerprint density at radius 1 is 1.52 bits per heavy atom. The minimum atomic E-state index is -0.335. The number of hydrogen-bond donors (Lipinski definition) is 2. The lowest BCUT2D eigenvalue weighted by Crippen LogP contribution is -2.22. The molecule has 9 heteroatoms. The van der Waals surface area contributed by atoms with Crippen LogP contribution in [0.1, 0.15) is 6.92 Å². The van der Waals surface area contributed by atoms with Crippen molar-refractivity contribution in [2.75, 3.05) is 18.2 Å². The molecule has 21 heavy (non-hydrogen) atoms. The largest absolute Gasteiger partial charge is 0.495 e. The van der Waals surface area contributed by atoms with Crippen LogP contribution in [0.4, 0.5) is 10.8 Å². The molecule has 0 fully saturated rings. The Morgan fingerprint density at radius 2 is 2.29 bits per heavy atom. The van der Waals surface area contributed by atoms with Crippen molar-refractivity contribution in [1.82, 2.24) is 10.2 Å². The number of benzene rings is 1. The van der Waals surface area contributed by atoms with Crippen molar-refractivity contribution >= 4 is 51.4 Å². The van der Waals surface area contributed by atoms with Crippen LogP contribution < -0.4 is 15.8 Å².